The molecule has 1 atom stereocenters. The van der Waals surface area contributed by atoms with Crippen LogP contribution in [0.4, 0.5) is 0 Å². The lowest BCUT2D eigenvalue weighted by atomic mass is 9.86. The molecule has 21 heavy (non-hydrogen) atoms. The van der Waals surface area contributed by atoms with E-state index in [1.54, 1.807) is 0 Å². The molecule has 2 aromatic carbocycles. The number of hydrogen-bond donors (Lipinski definition) is 1. The number of benzene rings is 2. The van der Waals surface area contributed by atoms with Gasteiger partial charge in [0.05, 0.1) is 0 Å². The molecule has 0 saturated carbocycles. The van der Waals surface area contributed by atoms with Gasteiger partial charge in [-0.1, -0.05) is 80.4 Å². The fourth-order valence-electron chi connectivity index (χ4n) is 2.91. The van der Waals surface area contributed by atoms with Crippen LogP contribution >= 0.6 is 0 Å². The predicted octanol–water partition coefficient (Wildman–Crippen LogP) is 4.99. The Bertz CT molecular complexity index is 452. The molecular weight excluding hydrogens is 254 g/mol. The Morgan fingerprint density at radius 1 is 0.810 bits per heavy atom. The van der Waals surface area contributed by atoms with E-state index in [0.717, 1.165) is 6.54 Å². The number of nitrogens with one attached hydrogen (secondary N) is 1. The van der Waals surface area contributed by atoms with Crippen molar-refractivity contribution in [2.45, 2.75) is 45.1 Å². The summed E-state index contributed by atoms with van der Waals surface area (Å²) in [7, 11) is 0. The normalized spacial score (nSPS) is 12.5. The molecule has 2 aromatic rings. The first kappa shape index (κ1) is 15.8. The highest BCUT2D eigenvalue weighted by Gasteiger charge is 2.20. The van der Waals surface area contributed by atoms with Gasteiger partial charge in [0.2, 0.25) is 0 Å². The summed E-state index contributed by atoms with van der Waals surface area (Å²) in [5, 5.41) is 3.71. The van der Waals surface area contributed by atoms with Crippen LogP contribution < -0.4 is 5.32 Å². The lowest BCUT2D eigenvalue weighted by Gasteiger charge is -2.26. The Labute approximate surface area is 129 Å². The number of unbranched alkanes of at least 4 members (excludes halogenated alkanes) is 2. The predicted molar refractivity (Wildman–Crippen MR) is 91.7 cm³/mol. The molecule has 0 aliphatic carbocycles. The van der Waals surface area contributed by atoms with E-state index in [1.165, 1.54) is 30.4 Å². The van der Waals surface area contributed by atoms with Crippen LogP contribution in [0.3, 0.4) is 0 Å². The summed E-state index contributed by atoms with van der Waals surface area (Å²) in [6.07, 6.45) is 3.84. The molecule has 0 fully saturated rings. The van der Waals surface area contributed by atoms with Crippen LogP contribution in [0.25, 0.3) is 0 Å². The molecule has 0 spiro atoms. The average Bonchev–Trinajstić information content (AvgIpc) is 2.54. The Kier molecular flexibility index (Phi) is 6.49. The second-order valence-electron chi connectivity index (χ2n) is 5.75. The highest BCUT2D eigenvalue weighted by atomic mass is 14.9. The molecule has 0 radical (unpaired) electrons. The summed E-state index contributed by atoms with van der Waals surface area (Å²) in [6.45, 7) is 5.65. The van der Waals surface area contributed by atoms with Crippen molar-refractivity contribution >= 4 is 0 Å². The molecule has 1 heteroatoms. The van der Waals surface area contributed by atoms with Crippen LogP contribution in [-0.2, 0) is 0 Å². The quantitative estimate of drug-likeness (QED) is 0.672. The minimum atomic E-state index is 0.411. The molecule has 0 saturated heterocycles. The van der Waals surface area contributed by atoms with Gasteiger partial charge in [-0.2, -0.15) is 0 Å². The second-order valence-corrected chi connectivity index (χ2v) is 5.75. The van der Waals surface area contributed by atoms with Crippen LogP contribution in [-0.4, -0.2) is 12.6 Å². The van der Waals surface area contributed by atoms with Crippen molar-refractivity contribution in [2.24, 2.45) is 0 Å². The van der Waals surface area contributed by atoms with Gasteiger partial charge >= 0.3 is 0 Å². The summed E-state index contributed by atoms with van der Waals surface area (Å²) in [4.78, 5) is 0. The Morgan fingerprint density at radius 3 is 1.81 bits per heavy atom. The van der Waals surface area contributed by atoms with Crippen molar-refractivity contribution in [3.8, 4) is 0 Å². The minimum absolute atomic E-state index is 0.411. The Balaban J connectivity index is 2.13. The van der Waals surface area contributed by atoms with E-state index < -0.39 is 0 Å². The first-order chi connectivity index (χ1) is 10.3. The van der Waals surface area contributed by atoms with Crippen LogP contribution in [0.15, 0.2) is 60.7 Å². The third kappa shape index (κ3) is 4.71. The zero-order valence-corrected chi connectivity index (χ0v) is 13.3. The number of hydrogen-bond acceptors (Lipinski definition) is 1. The van der Waals surface area contributed by atoms with E-state index in [2.05, 4.69) is 79.8 Å². The van der Waals surface area contributed by atoms with E-state index in [4.69, 9.17) is 0 Å². The second kappa shape index (κ2) is 8.63. The first-order valence-electron chi connectivity index (χ1n) is 8.16. The van der Waals surface area contributed by atoms with Crippen LogP contribution in [0, 0.1) is 0 Å². The molecule has 112 valence electrons. The molecule has 1 nitrogen and oxygen atoms in total. The third-order valence-corrected chi connectivity index (χ3v) is 4.06. The van der Waals surface area contributed by atoms with Crippen molar-refractivity contribution in [1.29, 1.82) is 0 Å². The van der Waals surface area contributed by atoms with Crippen LogP contribution in [0.1, 0.15) is 50.2 Å². The molecule has 0 aliphatic heterocycles. The third-order valence-electron chi connectivity index (χ3n) is 4.06. The molecule has 1 N–H and O–H groups in total. The minimum Gasteiger partial charge on any atom is -0.313 e. The van der Waals surface area contributed by atoms with Gasteiger partial charge in [-0.25, -0.2) is 0 Å². The van der Waals surface area contributed by atoms with Gasteiger partial charge in [-0.05, 0) is 31.0 Å². The molecule has 1 unspecified atom stereocenters. The lowest BCUT2D eigenvalue weighted by molar-refractivity contribution is 0.485. The van der Waals surface area contributed by atoms with Gasteiger partial charge in [-0.15, -0.1) is 0 Å². The molecule has 0 aromatic heterocycles. The lowest BCUT2D eigenvalue weighted by Crippen LogP contribution is -2.33. The average molecular weight is 281 g/mol. The SMILES string of the molecule is CCCCCNC(C)C(c1ccccc1)c1ccccc1. The molecular formula is C20H27N. The van der Waals surface area contributed by atoms with Crippen molar-refractivity contribution < 1.29 is 0 Å². The largest absolute Gasteiger partial charge is 0.313 e. The first-order valence-corrected chi connectivity index (χ1v) is 8.16. The summed E-state index contributed by atoms with van der Waals surface area (Å²) < 4.78 is 0. The van der Waals surface area contributed by atoms with Crippen molar-refractivity contribution in [1.82, 2.24) is 5.32 Å². The van der Waals surface area contributed by atoms with Gasteiger partial charge in [0, 0.05) is 12.0 Å². The monoisotopic (exact) mass is 281 g/mol. The maximum absolute atomic E-state index is 3.71. The van der Waals surface area contributed by atoms with E-state index in [-0.39, 0.29) is 0 Å². The highest BCUT2D eigenvalue weighted by molar-refractivity contribution is 5.34. The molecule has 0 aliphatic rings. The zero-order valence-electron chi connectivity index (χ0n) is 13.3. The van der Waals surface area contributed by atoms with E-state index in [0.29, 0.717) is 12.0 Å². The van der Waals surface area contributed by atoms with E-state index in [9.17, 15) is 0 Å². The fourth-order valence-corrected chi connectivity index (χ4v) is 2.91. The van der Waals surface area contributed by atoms with Gasteiger partial charge in [0.15, 0.2) is 0 Å². The van der Waals surface area contributed by atoms with Gasteiger partial charge < -0.3 is 5.32 Å². The van der Waals surface area contributed by atoms with Crippen molar-refractivity contribution in [3.63, 3.8) is 0 Å². The van der Waals surface area contributed by atoms with Crippen molar-refractivity contribution in [3.05, 3.63) is 71.8 Å². The summed E-state index contributed by atoms with van der Waals surface area (Å²) in [5.74, 6) is 0.411. The van der Waals surface area contributed by atoms with Gasteiger partial charge in [-0.3, -0.25) is 0 Å². The van der Waals surface area contributed by atoms with Crippen molar-refractivity contribution in [2.75, 3.05) is 6.54 Å². The van der Waals surface area contributed by atoms with Crippen LogP contribution in [0.5, 0.6) is 0 Å². The molecule has 0 amide bonds. The van der Waals surface area contributed by atoms with E-state index >= 15 is 0 Å². The number of rotatable bonds is 8. The molecule has 0 heterocycles. The highest BCUT2D eigenvalue weighted by Crippen LogP contribution is 2.27. The summed E-state index contributed by atoms with van der Waals surface area (Å²) in [6, 6.07) is 22.1. The summed E-state index contributed by atoms with van der Waals surface area (Å²) in [5.41, 5.74) is 2.78. The maximum atomic E-state index is 3.71. The topological polar surface area (TPSA) is 12.0 Å². The smallest absolute Gasteiger partial charge is 0.0240 e. The van der Waals surface area contributed by atoms with E-state index in [1.807, 2.05) is 0 Å². The van der Waals surface area contributed by atoms with Gasteiger partial charge in [0.1, 0.15) is 0 Å². The Morgan fingerprint density at radius 2 is 1.33 bits per heavy atom. The fraction of sp³-hybridized carbons (Fsp3) is 0.400. The summed E-state index contributed by atoms with van der Waals surface area (Å²) >= 11 is 0. The zero-order chi connectivity index (χ0) is 14.9. The maximum Gasteiger partial charge on any atom is 0.0240 e. The Hall–Kier alpha value is -1.60. The standard InChI is InChI=1S/C20H27N/c1-3-4-11-16-21-17(2)20(18-12-7-5-8-13-18)19-14-9-6-10-15-19/h5-10,12-15,17,20-21H,3-4,11,16H2,1-2H3. The molecule has 2 rings (SSSR count). The van der Waals surface area contributed by atoms with Gasteiger partial charge in [0.25, 0.3) is 0 Å². The molecule has 0 bridgehead atoms. The van der Waals surface area contributed by atoms with Crippen LogP contribution in [0.2, 0.25) is 0 Å².